The Balaban J connectivity index is 3.07. The van der Waals surface area contributed by atoms with Crippen molar-refractivity contribution in [3.63, 3.8) is 0 Å². The number of rotatable bonds is 6. The molecule has 0 bridgehead atoms. The molecule has 1 aromatic rings. The summed E-state index contributed by atoms with van der Waals surface area (Å²) in [5.74, 6) is -1.10. The maximum atomic E-state index is 11.4. The van der Waals surface area contributed by atoms with E-state index in [0.29, 0.717) is 5.56 Å². The molecule has 102 valence electrons. The van der Waals surface area contributed by atoms with Crippen LogP contribution in [0, 0.1) is 0 Å². The molecule has 2 N–H and O–H groups in total. The standard InChI is InChI=1S/C11H17ClO4P2/c1-3-18(12,15,4-2)16-11(17(13)14)10-8-6-5-7-9-10/h5-9,11,15H,3-4H2,1-2H3/p+1. The fourth-order valence-electron chi connectivity index (χ4n) is 1.44. The molecule has 0 saturated carbocycles. The summed E-state index contributed by atoms with van der Waals surface area (Å²) in [6.45, 7) is 3.42. The Morgan fingerprint density at radius 1 is 1.33 bits per heavy atom. The first kappa shape index (κ1) is 16.0. The van der Waals surface area contributed by atoms with E-state index < -0.39 is 20.3 Å². The Hall–Kier alpha value is -0.0800. The molecule has 0 radical (unpaired) electrons. The summed E-state index contributed by atoms with van der Waals surface area (Å²) in [6.07, 6.45) is -3.39. The van der Waals surface area contributed by atoms with Gasteiger partial charge in [0.05, 0.1) is 0 Å². The van der Waals surface area contributed by atoms with Gasteiger partial charge in [-0.25, -0.2) is 0 Å². The number of hydrogen-bond donors (Lipinski definition) is 2. The fourth-order valence-corrected chi connectivity index (χ4v) is 4.58. The quantitative estimate of drug-likeness (QED) is 0.779. The molecule has 0 aliphatic rings. The van der Waals surface area contributed by atoms with Crippen LogP contribution in [0.5, 0.6) is 0 Å². The fraction of sp³-hybridized carbons (Fsp3) is 0.455. The molecule has 0 amide bonds. The van der Waals surface area contributed by atoms with Crippen molar-refractivity contribution in [1.29, 1.82) is 0 Å². The van der Waals surface area contributed by atoms with E-state index in [1.54, 1.807) is 44.2 Å². The van der Waals surface area contributed by atoms with Crippen LogP contribution in [0.3, 0.4) is 0 Å². The van der Waals surface area contributed by atoms with Crippen molar-refractivity contribution in [2.45, 2.75) is 19.7 Å². The van der Waals surface area contributed by atoms with E-state index in [9.17, 15) is 14.4 Å². The Kier molecular flexibility index (Phi) is 5.25. The Morgan fingerprint density at radius 2 is 1.83 bits per heavy atom. The molecule has 7 heteroatoms. The van der Waals surface area contributed by atoms with Gasteiger partial charge in [-0.15, -0.1) is 0 Å². The van der Waals surface area contributed by atoms with Crippen molar-refractivity contribution < 1.29 is 18.9 Å². The van der Waals surface area contributed by atoms with Gasteiger partial charge in [0.2, 0.25) is 0 Å². The molecule has 18 heavy (non-hydrogen) atoms. The number of halogens is 1. The van der Waals surface area contributed by atoms with Crippen LogP contribution >= 0.6 is 25.7 Å². The first-order valence-electron chi connectivity index (χ1n) is 5.67. The van der Waals surface area contributed by atoms with Gasteiger partial charge in [0.15, 0.2) is 0 Å². The van der Waals surface area contributed by atoms with E-state index in [1.807, 2.05) is 0 Å². The van der Waals surface area contributed by atoms with Gasteiger partial charge in [-0.3, -0.25) is 0 Å². The molecule has 0 aromatic heterocycles. The molecule has 0 fully saturated rings. The molecule has 0 aliphatic heterocycles. The van der Waals surface area contributed by atoms with Gasteiger partial charge in [0, 0.05) is 0 Å². The molecule has 4 nitrogen and oxygen atoms in total. The molecular weight excluding hydrogens is 294 g/mol. The molecule has 0 spiro atoms. The van der Waals surface area contributed by atoms with Crippen LogP contribution in [0.2, 0.25) is 0 Å². The summed E-state index contributed by atoms with van der Waals surface area (Å²) in [7, 11) is -2.63. The van der Waals surface area contributed by atoms with E-state index in [-0.39, 0.29) is 12.3 Å². The molecule has 0 aliphatic carbocycles. The van der Waals surface area contributed by atoms with Gasteiger partial charge >= 0.3 is 112 Å². The average molecular weight is 312 g/mol. The first-order chi connectivity index (χ1) is 8.30. The Labute approximate surface area is 113 Å². The van der Waals surface area contributed by atoms with E-state index >= 15 is 0 Å². The van der Waals surface area contributed by atoms with Gasteiger partial charge < -0.3 is 0 Å². The van der Waals surface area contributed by atoms with E-state index in [2.05, 4.69) is 0 Å². The summed E-state index contributed by atoms with van der Waals surface area (Å²) in [5, 5.41) is 0. The van der Waals surface area contributed by atoms with Crippen LogP contribution in [0.25, 0.3) is 0 Å². The van der Waals surface area contributed by atoms with Crippen LogP contribution in [-0.2, 0) is 9.09 Å². The Bertz CT molecular complexity index is 416. The van der Waals surface area contributed by atoms with Crippen LogP contribution < -0.4 is 0 Å². The molecule has 1 rings (SSSR count). The minimum absolute atomic E-state index is 0.232. The van der Waals surface area contributed by atoms with Gasteiger partial charge in [-0.2, -0.15) is 0 Å². The number of hydrogen-bond acceptors (Lipinski definition) is 3. The number of benzene rings is 1. The average Bonchev–Trinajstić information content (AvgIpc) is 2.37. The van der Waals surface area contributed by atoms with Crippen LogP contribution in [0.1, 0.15) is 25.3 Å². The van der Waals surface area contributed by atoms with Gasteiger partial charge in [-0.05, 0) is 0 Å². The summed E-state index contributed by atoms with van der Waals surface area (Å²) < 4.78 is 16.9. The predicted octanol–water partition coefficient (Wildman–Crippen LogP) is 4.01. The molecule has 0 saturated heterocycles. The van der Waals surface area contributed by atoms with Crippen molar-refractivity contribution in [3.05, 3.63) is 35.9 Å². The monoisotopic (exact) mass is 311 g/mol. The predicted molar refractivity (Wildman–Crippen MR) is 76.2 cm³/mol. The van der Waals surface area contributed by atoms with Crippen molar-refractivity contribution >= 4 is 25.7 Å². The summed E-state index contributed by atoms with van der Waals surface area (Å²) >= 11 is 6.18. The van der Waals surface area contributed by atoms with E-state index in [4.69, 9.17) is 15.8 Å². The second-order valence-electron chi connectivity index (χ2n) is 4.03. The van der Waals surface area contributed by atoms with Gasteiger partial charge in [0.25, 0.3) is 0 Å². The SMILES string of the molecule is CCP(O)(Cl)(CC)OC(c1ccccc1)[P+](=O)O. The summed E-state index contributed by atoms with van der Waals surface area (Å²) in [4.78, 5) is 19.8. The van der Waals surface area contributed by atoms with Crippen LogP contribution in [-0.4, -0.2) is 22.1 Å². The molecule has 1 aromatic carbocycles. The zero-order valence-corrected chi connectivity index (χ0v) is 12.9. The normalized spacial score (nSPS) is 16.7. The topological polar surface area (TPSA) is 66.8 Å². The van der Waals surface area contributed by atoms with Crippen LogP contribution in [0.15, 0.2) is 30.3 Å². The molecule has 2 unspecified atom stereocenters. The second kappa shape index (κ2) is 5.92. The third kappa shape index (κ3) is 3.96. The van der Waals surface area contributed by atoms with Crippen LogP contribution in [0.4, 0.5) is 0 Å². The molecule has 0 heterocycles. The molecule has 2 atom stereocenters. The minimum atomic E-state index is -3.85. The van der Waals surface area contributed by atoms with Crippen molar-refractivity contribution in [2.24, 2.45) is 0 Å². The first-order valence-corrected chi connectivity index (χ1v) is 10.3. The van der Waals surface area contributed by atoms with E-state index in [0.717, 1.165) is 0 Å². The van der Waals surface area contributed by atoms with Crippen molar-refractivity contribution in [2.75, 3.05) is 12.3 Å². The van der Waals surface area contributed by atoms with Gasteiger partial charge in [-0.1, -0.05) is 0 Å². The second-order valence-corrected chi connectivity index (χ2v) is 11.3. The zero-order chi connectivity index (χ0) is 13.8. The zero-order valence-electron chi connectivity index (χ0n) is 10.4. The third-order valence-corrected chi connectivity index (χ3v) is 8.63. The summed E-state index contributed by atoms with van der Waals surface area (Å²) in [6, 6.07) is 8.62. The van der Waals surface area contributed by atoms with E-state index in [1.165, 1.54) is 0 Å². The third-order valence-electron chi connectivity index (χ3n) is 2.85. The molecular formula is C11H18ClO4P2+. The van der Waals surface area contributed by atoms with Gasteiger partial charge in [0.1, 0.15) is 0 Å². The summed E-state index contributed by atoms with van der Waals surface area (Å²) in [5.41, 5.74) is 0.534. The van der Waals surface area contributed by atoms with Crippen molar-refractivity contribution in [1.82, 2.24) is 0 Å². The van der Waals surface area contributed by atoms with Crippen molar-refractivity contribution in [3.8, 4) is 0 Å². The maximum absolute atomic E-state index is 11.4. The Morgan fingerprint density at radius 3 is 2.22 bits per heavy atom.